The van der Waals surface area contributed by atoms with Crippen LogP contribution in [-0.4, -0.2) is 26.2 Å². The Balaban J connectivity index is 2.38. The van der Waals surface area contributed by atoms with Crippen LogP contribution in [0.4, 0.5) is 5.95 Å². The summed E-state index contributed by atoms with van der Waals surface area (Å²) < 4.78 is 3.68. The molecule has 0 bridgehead atoms. The van der Waals surface area contributed by atoms with Crippen LogP contribution in [0.5, 0.6) is 0 Å². The highest BCUT2D eigenvalue weighted by molar-refractivity contribution is 5.95. The molecule has 150 valence electrons. The van der Waals surface area contributed by atoms with Gasteiger partial charge in [0.25, 0.3) is 5.56 Å². The van der Waals surface area contributed by atoms with Crippen molar-refractivity contribution in [2.45, 2.75) is 60.5 Å². The SMILES string of the molecule is Cc1cc(C)c(-c2cn(C)c3nc(N(C(C)C)C(C)C)n(C)c(=O)c23)c(C)c1. The minimum Gasteiger partial charge on any atom is -0.337 e. The lowest BCUT2D eigenvalue weighted by molar-refractivity contribution is 0.573. The highest BCUT2D eigenvalue weighted by Crippen LogP contribution is 2.34. The summed E-state index contributed by atoms with van der Waals surface area (Å²) in [5, 5.41) is 0.691. The van der Waals surface area contributed by atoms with E-state index in [1.54, 1.807) is 4.57 Å². The molecule has 0 unspecified atom stereocenters. The lowest BCUT2D eigenvalue weighted by Gasteiger charge is -2.32. The van der Waals surface area contributed by atoms with Crippen molar-refractivity contribution in [1.82, 2.24) is 14.1 Å². The maximum absolute atomic E-state index is 13.5. The summed E-state index contributed by atoms with van der Waals surface area (Å²) in [5.41, 5.74) is 6.43. The molecule has 0 saturated heterocycles. The Bertz CT molecular complexity index is 1070. The molecule has 1 aromatic carbocycles. The second kappa shape index (κ2) is 7.12. The number of fused-ring (bicyclic) bond motifs is 1. The van der Waals surface area contributed by atoms with Gasteiger partial charge in [-0.05, 0) is 65.2 Å². The molecule has 5 heteroatoms. The minimum atomic E-state index is 0.00118. The monoisotopic (exact) mass is 380 g/mol. The predicted molar refractivity (Wildman–Crippen MR) is 118 cm³/mol. The molecule has 0 fully saturated rings. The normalized spacial score (nSPS) is 11.8. The minimum absolute atomic E-state index is 0.00118. The molecule has 0 radical (unpaired) electrons. The summed E-state index contributed by atoms with van der Waals surface area (Å²) in [4.78, 5) is 20.6. The van der Waals surface area contributed by atoms with E-state index in [1.165, 1.54) is 16.7 Å². The van der Waals surface area contributed by atoms with Gasteiger partial charge in [-0.1, -0.05) is 17.7 Å². The van der Waals surface area contributed by atoms with Crippen LogP contribution in [-0.2, 0) is 14.1 Å². The van der Waals surface area contributed by atoms with E-state index in [0.717, 1.165) is 16.8 Å². The molecular formula is C23H32N4O. The lowest BCUT2D eigenvalue weighted by atomic mass is 9.94. The molecule has 5 nitrogen and oxygen atoms in total. The van der Waals surface area contributed by atoms with Gasteiger partial charge in [0.2, 0.25) is 5.95 Å². The molecule has 0 aliphatic heterocycles. The van der Waals surface area contributed by atoms with Crippen LogP contribution in [0.15, 0.2) is 23.1 Å². The summed E-state index contributed by atoms with van der Waals surface area (Å²) in [6, 6.07) is 4.84. The fourth-order valence-corrected chi connectivity index (χ4v) is 4.47. The molecule has 0 saturated carbocycles. The Morgan fingerprint density at radius 1 is 0.964 bits per heavy atom. The first-order valence-corrected chi connectivity index (χ1v) is 9.97. The average Bonchev–Trinajstić information content (AvgIpc) is 2.87. The zero-order chi connectivity index (χ0) is 20.9. The van der Waals surface area contributed by atoms with E-state index in [-0.39, 0.29) is 17.6 Å². The van der Waals surface area contributed by atoms with Gasteiger partial charge >= 0.3 is 0 Å². The number of hydrogen-bond acceptors (Lipinski definition) is 3. The zero-order valence-corrected chi connectivity index (χ0v) is 18.6. The Morgan fingerprint density at radius 3 is 2.00 bits per heavy atom. The molecule has 3 aromatic rings. The van der Waals surface area contributed by atoms with E-state index in [9.17, 15) is 4.79 Å². The molecule has 2 heterocycles. The molecule has 3 rings (SSSR count). The van der Waals surface area contributed by atoms with Gasteiger partial charge in [-0.15, -0.1) is 0 Å². The number of rotatable bonds is 4. The predicted octanol–water partition coefficient (Wildman–Crippen LogP) is 4.49. The van der Waals surface area contributed by atoms with Crippen molar-refractivity contribution in [3.05, 3.63) is 45.4 Å². The fraction of sp³-hybridized carbons (Fsp3) is 0.478. The number of aryl methyl sites for hydroxylation is 4. The van der Waals surface area contributed by atoms with Gasteiger partial charge in [-0.25, -0.2) is 0 Å². The van der Waals surface area contributed by atoms with Gasteiger partial charge in [-0.3, -0.25) is 9.36 Å². The highest BCUT2D eigenvalue weighted by Gasteiger charge is 2.24. The van der Waals surface area contributed by atoms with Gasteiger partial charge in [0.05, 0.1) is 5.39 Å². The number of aromatic nitrogens is 3. The Morgan fingerprint density at radius 2 is 1.50 bits per heavy atom. The van der Waals surface area contributed by atoms with Crippen molar-refractivity contribution in [2.24, 2.45) is 14.1 Å². The highest BCUT2D eigenvalue weighted by atomic mass is 16.1. The molecule has 0 amide bonds. The van der Waals surface area contributed by atoms with Gasteiger partial charge in [0, 0.05) is 37.9 Å². The van der Waals surface area contributed by atoms with Crippen molar-refractivity contribution >= 4 is 17.0 Å². The molecule has 0 atom stereocenters. The van der Waals surface area contributed by atoms with Crippen molar-refractivity contribution in [2.75, 3.05) is 4.90 Å². The number of benzene rings is 1. The van der Waals surface area contributed by atoms with E-state index in [4.69, 9.17) is 4.98 Å². The van der Waals surface area contributed by atoms with Crippen molar-refractivity contribution < 1.29 is 0 Å². The third-order valence-corrected chi connectivity index (χ3v) is 5.46. The van der Waals surface area contributed by atoms with Gasteiger partial charge in [-0.2, -0.15) is 4.98 Å². The zero-order valence-electron chi connectivity index (χ0n) is 18.6. The van der Waals surface area contributed by atoms with Gasteiger partial charge in [0.1, 0.15) is 5.65 Å². The third kappa shape index (κ3) is 3.13. The van der Waals surface area contributed by atoms with Crippen LogP contribution in [0.1, 0.15) is 44.4 Å². The first-order valence-electron chi connectivity index (χ1n) is 9.97. The maximum atomic E-state index is 13.5. The van der Waals surface area contributed by atoms with Crippen LogP contribution in [0, 0.1) is 20.8 Å². The van der Waals surface area contributed by atoms with E-state index in [1.807, 2.05) is 24.9 Å². The first-order chi connectivity index (χ1) is 13.0. The number of anilines is 1. The van der Waals surface area contributed by atoms with E-state index >= 15 is 0 Å². The molecule has 0 aliphatic carbocycles. The number of nitrogens with zero attached hydrogens (tertiary/aromatic N) is 4. The van der Waals surface area contributed by atoms with E-state index in [0.29, 0.717) is 11.3 Å². The Hall–Kier alpha value is -2.56. The van der Waals surface area contributed by atoms with Crippen molar-refractivity contribution in [3.8, 4) is 11.1 Å². The third-order valence-electron chi connectivity index (χ3n) is 5.46. The van der Waals surface area contributed by atoms with Crippen molar-refractivity contribution in [3.63, 3.8) is 0 Å². The molecule has 28 heavy (non-hydrogen) atoms. The summed E-state index contributed by atoms with van der Waals surface area (Å²) in [7, 11) is 3.80. The summed E-state index contributed by atoms with van der Waals surface area (Å²) in [6.45, 7) is 14.8. The summed E-state index contributed by atoms with van der Waals surface area (Å²) >= 11 is 0. The smallest absolute Gasteiger partial charge is 0.264 e. The second-order valence-corrected chi connectivity index (χ2v) is 8.50. The first kappa shape index (κ1) is 20.2. The van der Waals surface area contributed by atoms with Crippen LogP contribution in [0.3, 0.4) is 0 Å². The molecule has 0 aliphatic rings. The maximum Gasteiger partial charge on any atom is 0.264 e. The largest absolute Gasteiger partial charge is 0.337 e. The summed E-state index contributed by atoms with van der Waals surface area (Å²) in [5.74, 6) is 0.715. The average molecular weight is 381 g/mol. The fourth-order valence-electron chi connectivity index (χ4n) is 4.47. The van der Waals surface area contributed by atoms with Gasteiger partial charge < -0.3 is 9.47 Å². The summed E-state index contributed by atoms with van der Waals surface area (Å²) in [6.07, 6.45) is 2.04. The Labute approximate surface area is 167 Å². The van der Waals surface area contributed by atoms with E-state index in [2.05, 4.69) is 65.5 Å². The van der Waals surface area contributed by atoms with Crippen LogP contribution >= 0.6 is 0 Å². The molecule has 0 N–H and O–H groups in total. The quantitative estimate of drug-likeness (QED) is 0.670. The van der Waals surface area contributed by atoms with Gasteiger partial charge in [0.15, 0.2) is 0 Å². The van der Waals surface area contributed by atoms with Crippen LogP contribution in [0.2, 0.25) is 0 Å². The molecule has 0 spiro atoms. The number of hydrogen-bond donors (Lipinski definition) is 0. The Kier molecular flexibility index (Phi) is 5.13. The second-order valence-electron chi connectivity index (χ2n) is 8.50. The van der Waals surface area contributed by atoms with E-state index < -0.39 is 0 Å². The topological polar surface area (TPSA) is 43.1 Å². The standard InChI is InChI=1S/C23H32N4O/c1-13(2)27(14(3)4)23-24-21-20(22(28)26(23)9)18(12-25(21)8)19-16(6)10-15(5)11-17(19)7/h10-14H,1-9H3. The van der Waals surface area contributed by atoms with Crippen LogP contribution in [0.25, 0.3) is 22.2 Å². The molecule has 2 aromatic heterocycles. The molecular weight excluding hydrogens is 348 g/mol. The van der Waals surface area contributed by atoms with Crippen molar-refractivity contribution in [1.29, 1.82) is 0 Å². The lowest BCUT2D eigenvalue weighted by Crippen LogP contribution is -2.41. The van der Waals surface area contributed by atoms with Crippen LogP contribution < -0.4 is 10.5 Å².